The van der Waals surface area contributed by atoms with Crippen LogP contribution in [0.3, 0.4) is 0 Å². The van der Waals surface area contributed by atoms with E-state index in [1.54, 1.807) is 19.4 Å². The van der Waals surface area contributed by atoms with Crippen molar-refractivity contribution in [2.45, 2.75) is 0 Å². The lowest BCUT2D eigenvalue weighted by molar-refractivity contribution is 0.0538. The molecule has 0 unspecified atom stereocenters. The van der Waals surface area contributed by atoms with E-state index in [9.17, 15) is 0 Å². The van der Waals surface area contributed by atoms with Gasteiger partial charge < -0.3 is 19.9 Å². The van der Waals surface area contributed by atoms with Crippen molar-refractivity contribution >= 4 is 21.6 Å². The molecule has 5 nitrogen and oxygen atoms in total. The van der Waals surface area contributed by atoms with Gasteiger partial charge in [0.05, 0.1) is 25.5 Å². The Morgan fingerprint density at radius 1 is 1.31 bits per heavy atom. The van der Waals surface area contributed by atoms with Crippen LogP contribution >= 0.6 is 15.9 Å². The molecule has 0 radical (unpaired) electrons. The van der Waals surface area contributed by atoms with E-state index in [2.05, 4.69) is 20.9 Å². The minimum Gasteiger partial charge on any atom is -0.474 e. The van der Waals surface area contributed by atoms with Crippen LogP contribution in [-0.4, -0.2) is 38.5 Å². The van der Waals surface area contributed by atoms with Gasteiger partial charge in [-0.3, -0.25) is 0 Å². The summed E-state index contributed by atoms with van der Waals surface area (Å²) in [5.74, 6) is 0.429. The quantitative estimate of drug-likeness (QED) is 0.771. The number of nitrogens with two attached hydrogens (primary N) is 1. The first-order valence-electron chi connectivity index (χ1n) is 4.84. The van der Waals surface area contributed by atoms with Crippen LogP contribution in [0.15, 0.2) is 16.7 Å². The highest BCUT2D eigenvalue weighted by atomic mass is 79.9. The van der Waals surface area contributed by atoms with Gasteiger partial charge in [-0.05, 0) is 22.0 Å². The molecular weight excluding hydrogens is 276 g/mol. The normalized spacial score (nSPS) is 10.4. The summed E-state index contributed by atoms with van der Waals surface area (Å²) in [7, 11) is 1.63. The Hall–Kier alpha value is -0.850. The maximum Gasteiger partial charge on any atom is 0.237 e. The van der Waals surface area contributed by atoms with Gasteiger partial charge in [0.1, 0.15) is 6.61 Å². The van der Waals surface area contributed by atoms with Crippen LogP contribution < -0.4 is 10.5 Å². The molecular formula is C10H15BrN2O3. The highest BCUT2D eigenvalue weighted by Gasteiger charge is 2.02. The number of rotatable bonds is 7. The number of hydrogen-bond donors (Lipinski definition) is 1. The van der Waals surface area contributed by atoms with Gasteiger partial charge in [-0.25, -0.2) is 4.98 Å². The van der Waals surface area contributed by atoms with Crippen molar-refractivity contribution in [1.29, 1.82) is 0 Å². The van der Waals surface area contributed by atoms with E-state index in [1.807, 2.05) is 0 Å². The zero-order valence-corrected chi connectivity index (χ0v) is 10.7. The second-order valence-electron chi connectivity index (χ2n) is 3.00. The van der Waals surface area contributed by atoms with Gasteiger partial charge in [-0.15, -0.1) is 0 Å². The Morgan fingerprint density at radius 3 is 2.75 bits per heavy atom. The van der Waals surface area contributed by atoms with E-state index in [0.29, 0.717) is 38.0 Å². The van der Waals surface area contributed by atoms with Crippen LogP contribution in [0.1, 0.15) is 0 Å². The molecule has 0 aliphatic rings. The number of halogens is 1. The lowest BCUT2D eigenvalue weighted by Gasteiger charge is -2.08. The molecule has 0 aliphatic carbocycles. The Bertz CT molecular complexity index is 323. The zero-order valence-electron chi connectivity index (χ0n) is 9.11. The molecule has 1 aromatic heterocycles. The van der Waals surface area contributed by atoms with Gasteiger partial charge in [0.2, 0.25) is 5.88 Å². The Labute approximate surface area is 103 Å². The second kappa shape index (κ2) is 7.43. The fraction of sp³-hybridized carbons (Fsp3) is 0.500. The van der Waals surface area contributed by atoms with Crippen LogP contribution in [0.5, 0.6) is 5.88 Å². The predicted molar refractivity (Wildman–Crippen MR) is 64.5 cm³/mol. The van der Waals surface area contributed by atoms with Crippen molar-refractivity contribution in [2.75, 3.05) is 39.3 Å². The molecule has 0 bridgehead atoms. The number of anilines is 1. The minimum atomic E-state index is 0.419. The molecule has 0 fully saturated rings. The highest BCUT2D eigenvalue weighted by molar-refractivity contribution is 9.10. The first-order chi connectivity index (χ1) is 7.74. The molecule has 0 aliphatic heterocycles. The van der Waals surface area contributed by atoms with Crippen molar-refractivity contribution in [1.82, 2.24) is 4.98 Å². The molecule has 0 aromatic carbocycles. The van der Waals surface area contributed by atoms with E-state index in [0.717, 1.165) is 4.47 Å². The first kappa shape index (κ1) is 13.2. The van der Waals surface area contributed by atoms with Crippen LogP contribution in [0, 0.1) is 0 Å². The summed E-state index contributed by atoms with van der Waals surface area (Å²) in [4.78, 5) is 4.04. The maximum atomic E-state index is 5.71. The van der Waals surface area contributed by atoms with Crippen LogP contribution in [0.25, 0.3) is 0 Å². The van der Waals surface area contributed by atoms with E-state index in [4.69, 9.17) is 19.9 Å². The molecule has 16 heavy (non-hydrogen) atoms. The standard InChI is InChI=1S/C10H15BrN2O3/c1-14-2-3-15-4-5-16-10-9(12)6-8(11)7-13-10/h6-7H,2-5,12H2,1H3. The molecule has 0 amide bonds. The van der Waals surface area contributed by atoms with Gasteiger partial charge in [-0.2, -0.15) is 0 Å². The van der Waals surface area contributed by atoms with Gasteiger partial charge in [0, 0.05) is 17.8 Å². The third-order valence-corrected chi connectivity index (χ3v) is 2.18. The molecule has 0 saturated heterocycles. The van der Waals surface area contributed by atoms with Crippen LogP contribution in [0.4, 0.5) is 5.69 Å². The molecule has 0 saturated carbocycles. The van der Waals surface area contributed by atoms with Gasteiger partial charge >= 0.3 is 0 Å². The molecule has 6 heteroatoms. The van der Waals surface area contributed by atoms with Crippen molar-refractivity contribution in [2.24, 2.45) is 0 Å². The summed E-state index contributed by atoms with van der Waals surface area (Å²) in [5, 5.41) is 0. The molecule has 1 aromatic rings. The molecule has 0 spiro atoms. The number of hydrogen-bond acceptors (Lipinski definition) is 5. The largest absolute Gasteiger partial charge is 0.474 e. The number of aromatic nitrogens is 1. The fourth-order valence-electron chi connectivity index (χ4n) is 1.00. The molecule has 90 valence electrons. The summed E-state index contributed by atoms with van der Waals surface area (Å²) < 4.78 is 16.2. The minimum absolute atomic E-state index is 0.419. The summed E-state index contributed by atoms with van der Waals surface area (Å²) >= 11 is 3.27. The second-order valence-corrected chi connectivity index (χ2v) is 3.92. The van der Waals surface area contributed by atoms with Crippen LogP contribution in [0.2, 0.25) is 0 Å². The lowest BCUT2D eigenvalue weighted by atomic mass is 10.4. The van der Waals surface area contributed by atoms with Gasteiger partial charge in [0.15, 0.2) is 0 Å². The topological polar surface area (TPSA) is 66.6 Å². The Kier molecular flexibility index (Phi) is 6.14. The molecule has 1 rings (SSSR count). The maximum absolute atomic E-state index is 5.71. The van der Waals surface area contributed by atoms with Crippen molar-refractivity contribution < 1.29 is 14.2 Å². The summed E-state index contributed by atoms with van der Waals surface area (Å²) in [6.07, 6.45) is 1.64. The molecule has 0 atom stereocenters. The van der Waals surface area contributed by atoms with E-state index in [1.165, 1.54) is 0 Å². The third-order valence-electron chi connectivity index (χ3n) is 1.74. The predicted octanol–water partition coefficient (Wildman–Crippen LogP) is 1.47. The zero-order chi connectivity index (χ0) is 11.8. The average Bonchev–Trinajstić information content (AvgIpc) is 2.26. The molecule has 1 heterocycles. The SMILES string of the molecule is COCCOCCOc1ncc(Br)cc1N. The van der Waals surface area contributed by atoms with Gasteiger partial charge in [-0.1, -0.05) is 0 Å². The lowest BCUT2D eigenvalue weighted by Crippen LogP contribution is -2.11. The van der Waals surface area contributed by atoms with Crippen LogP contribution in [-0.2, 0) is 9.47 Å². The van der Waals surface area contributed by atoms with Crippen molar-refractivity contribution in [3.63, 3.8) is 0 Å². The Morgan fingerprint density at radius 2 is 2.06 bits per heavy atom. The monoisotopic (exact) mass is 290 g/mol. The van der Waals surface area contributed by atoms with Crippen molar-refractivity contribution in [3.05, 3.63) is 16.7 Å². The third kappa shape index (κ3) is 4.78. The summed E-state index contributed by atoms with van der Waals surface area (Å²) in [6.45, 7) is 2.05. The Balaban J connectivity index is 2.21. The summed E-state index contributed by atoms with van der Waals surface area (Å²) in [5.41, 5.74) is 6.21. The highest BCUT2D eigenvalue weighted by Crippen LogP contribution is 2.21. The average molecular weight is 291 g/mol. The van der Waals surface area contributed by atoms with Gasteiger partial charge in [0.25, 0.3) is 0 Å². The fourth-order valence-corrected chi connectivity index (χ4v) is 1.35. The number of methoxy groups -OCH3 is 1. The van der Waals surface area contributed by atoms with Crippen molar-refractivity contribution in [3.8, 4) is 5.88 Å². The first-order valence-corrected chi connectivity index (χ1v) is 5.64. The van der Waals surface area contributed by atoms with E-state index >= 15 is 0 Å². The summed E-state index contributed by atoms with van der Waals surface area (Å²) in [6, 6.07) is 1.74. The number of nitrogens with zero attached hydrogens (tertiary/aromatic N) is 1. The number of pyridine rings is 1. The number of nitrogen functional groups attached to an aromatic ring is 1. The van der Waals surface area contributed by atoms with E-state index < -0.39 is 0 Å². The molecule has 2 N–H and O–H groups in total. The van der Waals surface area contributed by atoms with E-state index in [-0.39, 0.29) is 0 Å². The number of ether oxygens (including phenoxy) is 3. The smallest absolute Gasteiger partial charge is 0.237 e.